The zero-order chi connectivity index (χ0) is 13.1. The van der Waals surface area contributed by atoms with E-state index in [0.717, 1.165) is 12.8 Å². The summed E-state index contributed by atoms with van der Waals surface area (Å²) in [5.41, 5.74) is 0.365. The lowest BCUT2D eigenvalue weighted by molar-refractivity contribution is 0.109. The summed E-state index contributed by atoms with van der Waals surface area (Å²) in [6, 6.07) is 5.47. The topological polar surface area (TPSA) is 15.6 Å². The van der Waals surface area contributed by atoms with E-state index in [0.29, 0.717) is 22.7 Å². The molecule has 2 unspecified atom stereocenters. The Bertz CT molecular complexity index is 417. The van der Waals surface area contributed by atoms with Crippen molar-refractivity contribution in [1.29, 1.82) is 0 Å². The second-order valence-electron chi connectivity index (χ2n) is 4.89. The second kappa shape index (κ2) is 5.70. The van der Waals surface area contributed by atoms with Gasteiger partial charge in [0.2, 0.25) is 0 Å². The van der Waals surface area contributed by atoms with Gasteiger partial charge in [-0.3, -0.25) is 5.01 Å². The van der Waals surface area contributed by atoms with Gasteiger partial charge in [0.1, 0.15) is 5.82 Å². The number of hydrazone groups is 1. The van der Waals surface area contributed by atoms with Gasteiger partial charge >= 0.3 is 0 Å². The van der Waals surface area contributed by atoms with Gasteiger partial charge < -0.3 is 0 Å². The van der Waals surface area contributed by atoms with Gasteiger partial charge in [0.25, 0.3) is 0 Å². The van der Waals surface area contributed by atoms with Crippen molar-refractivity contribution in [1.82, 2.24) is 5.01 Å². The number of piperidine rings is 1. The van der Waals surface area contributed by atoms with E-state index in [1.54, 1.807) is 12.1 Å². The summed E-state index contributed by atoms with van der Waals surface area (Å²) in [7, 11) is 0. The molecule has 0 bridgehead atoms. The molecule has 2 rings (SSSR count). The summed E-state index contributed by atoms with van der Waals surface area (Å²) in [5.74, 6) is -0.330. The van der Waals surface area contributed by atoms with Crippen LogP contribution in [0.3, 0.4) is 0 Å². The van der Waals surface area contributed by atoms with Crippen molar-refractivity contribution in [3.63, 3.8) is 0 Å². The molecule has 98 valence electrons. The van der Waals surface area contributed by atoms with Crippen molar-refractivity contribution in [2.24, 2.45) is 5.10 Å². The molecule has 1 aliphatic rings. The Morgan fingerprint density at radius 3 is 2.61 bits per heavy atom. The highest BCUT2D eigenvalue weighted by atomic mass is 35.5. The lowest BCUT2D eigenvalue weighted by atomic mass is 10.00. The number of benzene rings is 1. The van der Waals surface area contributed by atoms with E-state index in [9.17, 15) is 4.39 Å². The molecule has 18 heavy (non-hydrogen) atoms. The first-order valence-corrected chi connectivity index (χ1v) is 6.73. The molecule has 0 spiro atoms. The van der Waals surface area contributed by atoms with Crippen LogP contribution in [0.25, 0.3) is 0 Å². The molecule has 0 saturated carbocycles. The van der Waals surface area contributed by atoms with Crippen LogP contribution in [0.1, 0.15) is 38.7 Å². The highest BCUT2D eigenvalue weighted by molar-refractivity contribution is 6.33. The predicted octanol–water partition coefficient (Wildman–Crippen LogP) is 4.08. The molecule has 1 aromatic carbocycles. The fraction of sp³-hybridized carbons (Fsp3) is 0.500. The molecule has 0 amide bonds. The molecular formula is C14H18ClFN2. The quantitative estimate of drug-likeness (QED) is 0.738. The van der Waals surface area contributed by atoms with E-state index in [4.69, 9.17) is 11.6 Å². The summed E-state index contributed by atoms with van der Waals surface area (Å²) in [6.07, 6.45) is 5.03. The van der Waals surface area contributed by atoms with Gasteiger partial charge in [-0.05, 0) is 45.2 Å². The molecule has 0 aromatic heterocycles. The maximum absolute atomic E-state index is 13.6. The summed E-state index contributed by atoms with van der Waals surface area (Å²) < 4.78 is 13.6. The SMILES string of the molecule is CC1CCCC(C)N1/N=C/c1c(F)cccc1Cl. The molecule has 0 radical (unpaired) electrons. The highest BCUT2D eigenvalue weighted by Crippen LogP contribution is 2.23. The summed E-state index contributed by atoms with van der Waals surface area (Å²) >= 11 is 5.97. The zero-order valence-electron chi connectivity index (χ0n) is 10.7. The predicted molar refractivity (Wildman–Crippen MR) is 73.6 cm³/mol. The monoisotopic (exact) mass is 268 g/mol. The third kappa shape index (κ3) is 2.83. The molecule has 1 aliphatic heterocycles. The maximum Gasteiger partial charge on any atom is 0.133 e. The molecule has 1 fully saturated rings. The van der Waals surface area contributed by atoms with Crippen molar-refractivity contribution < 1.29 is 4.39 Å². The Balaban J connectivity index is 2.19. The summed E-state index contributed by atoms with van der Waals surface area (Å²) in [5, 5.41) is 6.87. The van der Waals surface area contributed by atoms with Crippen LogP contribution in [0.2, 0.25) is 5.02 Å². The number of hydrogen-bond donors (Lipinski definition) is 0. The molecule has 2 atom stereocenters. The average Bonchev–Trinajstić information content (AvgIpc) is 2.31. The van der Waals surface area contributed by atoms with E-state index in [1.165, 1.54) is 18.7 Å². The van der Waals surface area contributed by atoms with Crippen LogP contribution in [-0.4, -0.2) is 23.3 Å². The Morgan fingerprint density at radius 1 is 1.33 bits per heavy atom. The van der Waals surface area contributed by atoms with Crippen molar-refractivity contribution in [3.8, 4) is 0 Å². The average molecular weight is 269 g/mol. The number of halogens is 2. The fourth-order valence-corrected chi connectivity index (χ4v) is 2.61. The fourth-order valence-electron chi connectivity index (χ4n) is 2.39. The largest absolute Gasteiger partial charge is 0.292 e. The first kappa shape index (κ1) is 13.3. The van der Waals surface area contributed by atoms with Crippen LogP contribution < -0.4 is 0 Å². The van der Waals surface area contributed by atoms with Gasteiger partial charge in [-0.1, -0.05) is 17.7 Å². The third-order valence-corrected chi connectivity index (χ3v) is 3.80. The van der Waals surface area contributed by atoms with Gasteiger partial charge in [-0.15, -0.1) is 0 Å². The van der Waals surface area contributed by atoms with Gasteiger partial charge in [-0.2, -0.15) is 5.10 Å². The lowest BCUT2D eigenvalue weighted by Gasteiger charge is -2.36. The van der Waals surface area contributed by atoms with Gasteiger partial charge in [0, 0.05) is 17.6 Å². The van der Waals surface area contributed by atoms with E-state index in [2.05, 4.69) is 18.9 Å². The minimum atomic E-state index is -0.330. The molecule has 4 heteroatoms. The zero-order valence-corrected chi connectivity index (χ0v) is 11.5. The third-order valence-electron chi connectivity index (χ3n) is 3.47. The van der Waals surface area contributed by atoms with Crippen molar-refractivity contribution in [2.45, 2.75) is 45.2 Å². The molecule has 1 heterocycles. The van der Waals surface area contributed by atoms with Crippen molar-refractivity contribution in [3.05, 3.63) is 34.6 Å². The summed E-state index contributed by atoms with van der Waals surface area (Å²) in [4.78, 5) is 0. The minimum Gasteiger partial charge on any atom is -0.292 e. The Morgan fingerprint density at radius 2 is 2.00 bits per heavy atom. The van der Waals surface area contributed by atoms with Gasteiger partial charge in [0.15, 0.2) is 0 Å². The van der Waals surface area contributed by atoms with E-state index in [-0.39, 0.29) is 5.82 Å². The molecule has 2 nitrogen and oxygen atoms in total. The van der Waals surface area contributed by atoms with Gasteiger partial charge in [0.05, 0.1) is 11.2 Å². The lowest BCUT2D eigenvalue weighted by Crippen LogP contribution is -2.39. The van der Waals surface area contributed by atoms with Crippen molar-refractivity contribution in [2.75, 3.05) is 0 Å². The van der Waals surface area contributed by atoms with Crippen LogP contribution in [-0.2, 0) is 0 Å². The van der Waals surface area contributed by atoms with E-state index < -0.39 is 0 Å². The van der Waals surface area contributed by atoms with Crippen molar-refractivity contribution >= 4 is 17.8 Å². The van der Waals surface area contributed by atoms with Crippen LogP contribution in [0.5, 0.6) is 0 Å². The Labute approximate surface area is 112 Å². The summed E-state index contributed by atoms with van der Waals surface area (Å²) in [6.45, 7) is 4.30. The molecule has 1 aromatic rings. The Hall–Kier alpha value is -1.09. The first-order valence-electron chi connectivity index (χ1n) is 6.36. The Kier molecular flexibility index (Phi) is 4.23. The molecule has 0 N–H and O–H groups in total. The number of nitrogens with zero attached hydrogens (tertiary/aromatic N) is 2. The maximum atomic E-state index is 13.6. The molecular weight excluding hydrogens is 251 g/mol. The second-order valence-corrected chi connectivity index (χ2v) is 5.30. The standard InChI is InChI=1S/C14H18ClFN2/c1-10-5-3-6-11(2)18(10)17-9-12-13(15)7-4-8-14(12)16/h4,7-11H,3,5-6H2,1-2H3/b17-9+. The van der Waals surface area contributed by atoms with Crippen LogP contribution in [0.15, 0.2) is 23.3 Å². The van der Waals surface area contributed by atoms with Crippen LogP contribution in [0, 0.1) is 5.82 Å². The number of hydrogen-bond acceptors (Lipinski definition) is 2. The van der Waals surface area contributed by atoms with Crippen LogP contribution in [0.4, 0.5) is 4.39 Å². The van der Waals surface area contributed by atoms with E-state index in [1.807, 2.05) is 5.01 Å². The molecule has 1 saturated heterocycles. The normalized spacial score (nSPS) is 24.8. The molecule has 0 aliphatic carbocycles. The minimum absolute atomic E-state index is 0.330. The smallest absolute Gasteiger partial charge is 0.133 e. The van der Waals surface area contributed by atoms with Gasteiger partial charge in [-0.25, -0.2) is 4.39 Å². The highest BCUT2D eigenvalue weighted by Gasteiger charge is 2.22. The first-order chi connectivity index (χ1) is 8.59. The van der Waals surface area contributed by atoms with E-state index >= 15 is 0 Å². The number of rotatable bonds is 2. The van der Waals surface area contributed by atoms with Crippen LogP contribution >= 0.6 is 11.6 Å².